The van der Waals surface area contributed by atoms with Gasteiger partial charge in [0.05, 0.1) is 15.5 Å². The number of benzene rings is 1. The van der Waals surface area contributed by atoms with Crippen molar-refractivity contribution in [1.29, 1.82) is 0 Å². The predicted octanol–water partition coefficient (Wildman–Crippen LogP) is 0.499. The standard InChI is InChI=1S/C11H14ClNO5S2/c1-11(14)6-13(7-11)20(17,18)10-5-8(19(2,15)16)3-4-9(10)12/h3-5,14H,6-7H2,1-2H3. The minimum Gasteiger partial charge on any atom is -0.387 e. The number of hydrogen-bond acceptors (Lipinski definition) is 5. The van der Waals surface area contributed by atoms with Gasteiger partial charge in [-0.3, -0.25) is 0 Å². The molecule has 1 saturated heterocycles. The molecular weight excluding hydrogens is 326 g/mol. The summed E-state index contributed by atoms with van der Waals surface area (Å²) in [5, 5.41) is 9.56. The van der Waals surface area contributed by atoms with E-state index in [0.717, 1.165) is 16.6 Å². The Kier molecular flexibility index (Phi) is 3.67. The molecule has 112 valence electrons. The van der Waals surface area contributed by atoms with Gasteiger partial charge in [0.2, 0.25) is 10.0 Å². The van der Waals surface area contributed by atoms with E-state index in [1.165, 1.54) is 19.1 Å². The van der Waals surface area contributed by atoms with Crippen molar-refractivity contribution >= 4 is 31.5 Å². The maximum absolute atomic E-state index is 12.3. The van der Waals surface area contributed by atoms with Gasteiger partial charge in [0, 0.05) is 19.3 Å². The lowest BCUT2D eigenvalue weighted by Crippen LogP contribution is -2.61. The summed E-state index contributed by atoms with van der Waals surface area (Å²) in [6.07, 6.45) is 0.987. The van der Waals surface area contributed by atoms with Gasteiger partial charge in [0.25, 0.3) is 0 Å². The normalized spacial score (nSPS) is 19.6. The lowest BCUT2D eigenvalue weighted by Gasteiger charge is -2.42. The van der Waals surface area contributed by atoms with Gasteiger partial charge in [-0.15, -0.1) is 0 Å². The molecule has 0 amide bonds. The quantitative estimate of drug-likeness (QED) is 0.865. The molecule has 1 heterocycles. The van der Waals surface area contributed by atoms with Crippen molar-refractivity contribution in [2.24, 2.45) is 0 Å². The van der Waals surface area contributed by atoms with Crippen molar-refractivity contribution in [1.82, 2.24) is 4.31 Å². The first-order valence-corrected chi connectivity index (χ1v) is 9.37. The SMILES string of the molecule is CC1(O)CN(S(=O)(=O)c2cc(S(C)(=O)=O)ccc2Cl)C1. The maximum atomic E-state index is 12.3. The van der Waals surface area contributed by atoms with Crippen molar-refractivity contribution in [3.63, 3.8) is 0 Å². The molecule has 0 atom stereocenters. The molecule has 0 radical (unpaired) electrons. The lowest BCUT2D eigenvalue weighted by molar-refractivity contribution is -0.0426. The van der Waals surface area contributed by atoms with Crippen LogP contribution in [0.1, 0.15) is 6.92 Å². The Morgan fingerprint density at radius 2 is 1.80 bits per heavy atom. The first-order valence-electron chi connectivity index (χ1n) is 5.66. The molecule has 0 unspecified atom stereocenters. The first kappa shape index (κ1) is 15.7. The monoisotopic (exact) mass is 339 g/mol. The zero-order valence-electron chi connectivity index (χ0n) is 10.9. The van der Waals surface area contributed by atoms with E-state index in [0.29, 0.717) is 0 Å². The van der Waals surface area contributed by atoms with Gasteiger partial charge in [0.15, 0.2) is 9.84 Å². The summed E-state index contributed by atoms with van der Waals surface area (Å²) >= 11 is 5.86. The fourth-order valence-electron chi connectivity index (χ4n) is 1.93. The molecule has 0 spiro atoms. The van der Waals surface area contributed by atoms with E-state index in [4.69, 9.17) is 11.6 Å². The van der Waals surface area contributed by atoms with Crippen LogP contribution in [0.25, 0.3) is 0 Å². The van der Waals surface area contributed by atoms with E-state index in [1.54, 1.807) is 0 Å². The van der Waals surface area contributed by atoms with E-state index in [1.807, 2.05) is 0 Å². The summed E-state index contributed by atoms with van der Waals surface area (Å²) in [7, 11) is -7.44. The first-order chi connectivity index (χ1) is 8.93. The average molecular weight is 340 g/mol. The molecule has 1 aliphatic rings. The number of halogens is 1. The number of hydrogen-bond donors (Lipinski definition) is 1. The van der Waals surface area contributed by atoms with Gasteiger partial charge in [-0.1, -0.05) is 11.6 Å². The fourth-order valence-corrected chi connectivity index (χ4v) is 4.83. The zero-order chi connectivity index (χ0) is 15.3. The topological polar surface area (TPSA) is 91.8 Å². The summed E-state index contributed by atoms with van der Waals surface area (Å²) < 4.78 is 48.7. The van der Waals surface area contributed by atoms with E-state index < -0.39 is 25.5 Å². The molecule has 1 aromatic carbocycles. The Morgan fingerprint density at radius 3 is 2.25 bits per heavy atom. The van der Waals surface area contributed by atoms with Crippen LogP contribution in [0.3, 0.4) is 0 Å². The molecule has 6 nitrogen and oxygen atoms in total. The Bertz CT molecular complexity index is 747. The van der Waals surface area contributed by atoms with Crippen molar-refractivity contribution < 1.29 is 21.9 Å². The molecule has 0 aromatic heterocycles. The summed E-state index contributed by atoms with van der Waals surface area (Å²) in [5.41, 5.74) is -1.06. The van der Waals surface area contributed by atoms with Crippen LogP contribution >= 0.6 is 11.6 Å². The number of sulfone groups is 1. The van der Waals surface area contributed by atoms with Crippen LogP contribution in [0.15, 0.2) is 28.0 Å². The molecule has 20 heavy (non-hydrogen) atoms. The van der Waals surface area contributed by atoms with E-state index >= 15 is 0 Å². The number of sulfonamides is 1. The molecule has 1 aromatic rings. The van der Waals surface area contributed by atoms with Gasteiger partial charge in [0.1, 0.15) is 4.90 Å². The predicted molar refractivity (Wildman–Crippen MR) is 73.9 cm³/mol. The Balaban J connectivity index is 2.48. The minimum absolute atomic E-state index is 0.0469. The van der Waals surface area contributed by atoms with Crippen LogP contribution in [0.4, 0.5) is 0 Å². The molecule has 1 N–H and O–H groups in total. The van der Waals surface area contributed by atoms with Gasteiger partial charge in [-0.25, -0.2) is 16.8 Å². The molecule has 9 heteroatoms. The third kappa shape index (κ3) is 2.84. The summed E-state index contributed by atoms with van der Waals surface area (Å²) in [6, 6.07) is 3.53. The Labute approximate surface area is 122 Å². The summed E-state index contributed by atoms with van der Waals surface area (Å²) in [6.45, 7) is 1.43. The highest BCUT2D eigenvalue weighted by Gasteiger charge is 2.44. The molecule has 0 bridgehead atoms. The Morgan fingerprint density at radius 1 is 1.25 bits per heavy atom. The second kappa shape index (κ2) is 4.67. The number of nitrogens with zero attached hydrogens (tertiary/aromatic N) is 1. The third-order valence-corrected chi connectivity index (χ3v) is 6.37. The maximum Gasteiger partial charge on any atom is 0.244 e. The van der Waals surface area contributed by atoms with Crippen LogP contribution in [-0.2, 0) is 19.9 Å². The van der Waals surface area contributed by atoms with Crippen molar-refractivity contribution in [2.45, 2.75) is 22.3 Å². The highest BCUT2D eigenvalue weighted by molar-refractivity contribution is 7.91. The van der Waals surface area contributed by atoms with Gasteiger partial charge in [-0.05, 0) is 25.1 Å². The summed E-state index contributed by atoms with van der Waals surface area (Å²) in [5.74, 6) is 0. The number of aliphatic hydroxyl groups is 1. The third-order valence-electron chi connectivity index (χ3n) is 2.98. The Hall–Kier alpha value is -0.670. The van der Waals surface area contributed by atoms with Crippen molar-refractivity contribution in [3.8, 4) is 0 Å². The molecule has 1 aliphatic heterocycles. The van der Waals surface area contributed by atoms with E-state index in [-0.39, 0.29) is 27.9 Å². The molecule has 2 rings (SSSR count). The lowest BCUT2D eigenvalue weighted by atomic mass is 10.0. The van der Waals surface area contributed by atoms with Crippen molar-refractivity contribution in [2.75, 3.05) is 19.3 Å². The summed E-state index contributed by atoms with van der Waals surface area (Å²) in [4.78, 5) is -0.384. The van der Waals surface area contributed by atoms with E-state index in [9.17, 15) is 21.9 Å². The van der Waals surface area contributed by atoms with Gasteiger partial charge >= 0.3 is 0 Å². The largest absolute Gasteiger partial charge is 0.387 e. The van der Waals surface area contributed by atoms with Crippen LogP contribution in [0.5, 0.6) is 0 Å². The molecular formula is C11H14ClNO5S2. The zero-order valence-corrected chi connectivity index (χ0v) is 13.3. The van der Waals surface area contributed by atoms with Gasteiger partial charge in [-0.2, -0.15) is 4.31 Å². The average Bonchev–Trinajstić information content (AvgIpc) is 2.24. The minimum atomic E-state index is -3.91. The molecule has 0 saturated carbocycles. The smallest absolute Gasteiger partial charge is 0.244 e. The second-order valence-electron chi connectivity index (χ2n) is 5.13. The molecule has 1 fully saturated rings. The fraction of sp³-hybridized carbons (Fsp3) is 0.455. The highest BCUT2D eigenvalue weighted by atomic mass is 35.5. The van der Waals surface area contributed by atoms with Crippen LogP contribution in [-0.4, -0.2) is 51.2 Å². The van der Waals surface area contributed by atoms with Gasteiger partial charge < -0.3 is 5.11 Å². The van der Waals surface area contributed by atoms with Crippen LogP contribution < -0.4 is 0 Å². The van der Waals surface area contributed by atoms with Crippen LogP contribution in [0, 0.1) is 0 Å². The highest BCUT2D eigenvalue weighted by Crippen LogP contribution is 2.32. The van der Waals surface area contributed by atoms with Crippen molar-refractivity contribution in [3.05, 3.63) is 23.2 Å². The second-order valence-corrected chi connectivity index (χ2v) is 9.46. The number of rotatable bonds is 3. The van der Waals surface area contributed by atoms with Crippen LogP contribution in [0.2, 0.25) is 5.02 Å². The molecule has 0 aliphatic carbocycles. The number of β-amino-alcohol motifs (C(OH)–C–C–N with tert-alkyl or cyclic N) is 1. The van der Waals surface area contributed by atoms with E-state index in [2.05, 4.69) is 0 Å².